The van der Waals surface area contributed by atoms with E-state index in [1.807, 2.05) is 33.8 Å². The second-order valence-corrected chi connectivity index (χ2v) is 5.66. The molecule has 7 nitrogen and oxygen atoms in total. The Kier molecular flexibility index (Phi) is 5.78. The standard InChI is InChI=1S/C17H24N4O3/c1-6-14(16-11(3)21-24-12(16)4)20-17(22)19-10(2)13-7-8-18-9-15(13)23-5/h7-10,14H,6H2,1-5H3,(H2,19,20,22)/t10-,14+/m1/s1. The number of nitrogens with zero attached hydrogens (tertiary/aromatic N) is 2. The second-order valence-electron chi connectivity index (χ2n) is 5.66. The summed E-state index contributed by atoms with van der Waals surface area (Å²) in [7, 11) is 1.58. The number of aryl methyl sites for hydroxylation is 2. The number of nitrogens with one attached hydrogen (secondary N) is 2. The lowest BCUT2D eigenvalue weighted by Gasteiger charge is -2.21. The van der Waals surface area contributed by atoms with E-state index in [9.17, 15) is 4.79 Å². The molecule has 2 aromatic heterocycles. The fourth-order valence-electron chi connectivity index (χ4n) is 2.76. The van der Waals surface area contributed by atoms with Crippen LogP contribution in [0.2, 0.25) is 0 Å². The summed E-state index contributed by atoms with van der Waals surface area (Å²) in [5.41, 5.74) is 2.60. The molecular weight excluding hydrogens is 308 g/mol. The van der Waals surface area contributed by atoms with Crippen LogP contribution < -0.4 is 15.4 Å². The zero-order valence-corrected chi connectivity index (χ0v) is 14.7. The molecule has 2 heterocycles. The van der Waals surface area contributed by atoms with Crippen molar-refractivity contribution in [1.29, 1.82) is 0 Å². The lowest BCUT2D eigenvalue weighted by atomic mass is 10.0. The average molecular weight is 332 g/mol. The maximum atomic E-state index is 12.4. The third-order valence-electron chi connectivity index (χ3n) is 4.00. The molecule has 130 valence electrons. The van der Waals surface area contributed by atoms with Gasteiger partial charge in [-0.3, -0.25) is 4.98 Å². The second kappa shape index (κ2) is 7.81. The minimum Gasteiger partial charge on any atom is -0.495 e. The largest absolute Gasteiger partial charge is 0.495 e. The first-order chi connectivity index (χ1) is 11.5. The number of carbonyl (C=O) groups is 1. The molecule has 0 aliphatic rings. The fourth-order valence-corrected chi connectivity index (χ4v) is 2.76. The summed E-state index contributed by atoms with van der Waals surface area (Å²) in [6.07, 6.45) is 4.04. The van der Waals surface area contributed by atoms with Crippen LogP contribution in [0.3, 0.4) is 0 Å². The van der Waals surface area contributed by atoms with Gasteiger partial charge in [-0.2, -0.15) is 0 Å². The molecule has 0 spiro atoms. The van der Waals surface area contributed by atoms with E-state index in [0.717, 1.165) is 29.0 Å². The molecule has 7 heteroatoms. The van der Waals surface area contributed by atoms with Gasteiger partial charge < -0.3 is 19.9 Å². The van der Waals surface area contributed by atoms with Crippen molar-refractivity contribution in [3.63, 3.8) is 0 Å². The Hall–Kier alpha value is -2.57. The van der Waals surface area contributed by atoms with Crippen LogP contribution >= 0.6 is 0 Å². The molecule has 2 amide bonds. The van der Waals surface area contributed by atoms with Crippen molar-refractivity contribution < 1.29 is 14.1 Å². The highest BCUT2D eigenvalue weighted by Crippen LogP contribution is 2.25. The lowest BCUT2D eigenvalue weighted by molar-refractivity contribution is 0.233. The zero-order chi connectivity index (χ0) is 17.7. The number of hydrogen-bond donors (Lipinski definition) is 2. The Morgan fingerprint density at radius 3 is 2.71 bits per heavy atom. The number of methoxy groups -OCH3 is 1. The van der Waals surface area contributed by atoms with Crippen LogP contribution in [0.5, 0.6) is 5.75 Å². The van der Waals surface area contributed by atoms with E-state index in [-0.39, 0.29) is 18.1 Å². The SMILES string of the molecule is CC[C@H](NC(=O)N[C@H](C)c1ccncc1OC)c1c(C)noc1C. The highest BCUT2D eigenvalue weighted by atomic mass is 16.5. The summed E-state index contributed by atoms with van der Waals surface area (Å²) in [5.74, 6) is 1.37. The molecule has 2 rings (SSSR count). The fraction of sp³-hybridized carbons (Fsp3) is 0.471. The van der Waals surface area contributed by atoms with Crippen molar-refractivity contribution >= 4 is 6.03 Å². The predicted octanol–water partition coefficient (Wildman–Crippen LogP) is 3.21. The van der Waals surface area contributed by atoms with Gasteiger partial charge in [0.2, 0.25) is 0 Å². The van der Waals surface area contributed by atoms with Gasteiger partial charge in [0, 0.05) is 17.3 Å². The normalized spacial score (nSPS) is 13.2. The van der Waals surface area contributed by atoms with Crippen LogP contribution in [0.25, 0.3) is 0 Å². The van der Waals surface area contributed by atoms with Crippen LogP contribution in [0, 0.1) is 13.8 Å². The van der Waals surface area contributed by atoms with E-state index < -0.39 is 0 Å². The van der Waals surface area contributed by atoms with Crippen LogP contribution in [0.1, 0.15) is 54.9 Å². The van der Waals surface area contributed by atoms with Crippen molar-refractivity contribution in [3.8, 4) is 5.75 Å². The van der Waals surface area contributed by atoms with Crippen molar-refractivity contribution in [2.75, 3.05) is 7.11 Å². The number of aromatic nitrogens is 2. The van der Waals surface area contributed by atoms with Crippen molar-refractivity contribution in [3.05, 3.63) is 41.0 Å². The molecule has 0 saturated heterocycles. The minimum absolute atomic E-state index is 0.150. The van der Waals surface area contributed by atoms with E-state index in [1.54, 1.807) is 19.5 Å². The van der Waals surface area contributed by atoms with Gasteiger partial charge in [-0.1, -0.05) is 12.1 Å². The maximum absolute atomic E-state index is 12.4. The summed E-state index contributed by atoms with van der Waals surface area (Å²) in [6.45, 7) is 7.63. The Bertz CT molecular complexity index is 679. The number of hydrogen-bond acceptors (Lipinski definition) is 5. The number of carbonyl (C=O) groups excluding carboxylic acids is 1. The number of amides is 2. The maximum Gasteiger partial charge on any atom is 0.315 e. The third-order valence-corrected chi connectivity index (χ3v) is 4.00. The van der Waals surface area contributed by atoms with Gasteiger partial charge in [0.25, 0.3) is 0 Å². The first kappa shape index (κ1) is 17.8. The first-order valence-corrected chi connectivity index (χ1v) is 7.95. The van der Waals surface area contributed by atoms with Crippen molar-refractivity contribution in [2.45, 2.75) is 46.2 Å². The van der Waals surface area contributed by atoms with Crippen LogP contribution in [0.4, 0.5) is 4.79 Å². The molecule has 0 aliphatic heterocycles. The van der Waals surface area contributed by atoms with E-state index in [2.05, 4.69) is 20.8 Å². The molecule has 0 radical (unpaired) electrons. The minimum atomic E-state index is -0.256. The Labute approximate surface area is 141 Å². The molecule has 24 heavy (non-hydrogen) atoms. The van der Waals surface area contributed by atoms with Gasteiger partial charge in [-0.15, -0.1) is 0 Å². The third kappa shape index (κ3) is 3.84. The Morgan fingerprint density at radius 1 is 1.38 bits per heavy atom. The highest BCUT2D eigenvalue weighted by molar-refractivity contribution is 5.75. The van der Waals surface area contributed by atoms with Gasteiger partial charge >= 0.3 is 6.03 Å². The summed E-state index contributed by atoms with van der Waals surface area (Å²) < 4.78 is 10.5. The van der Waals surface area contributed by atoms with Crippen molar-refractivity contribution in [2.24, 2.45) is 0 Å². The lowest BCUT2D eigenvalue weighted by Crippen LogP contribution is -2.39. The molecule has 0 unspecified atom stereocenters. The van der Waals surface area contributed by atoms with E-state index in [0.29, 0.717) is 5.75 Å². The van der Waals surface area contributed by atoms with Gasteiger partial charge in [-0.05, 0) is 33.3 Å². The van der Waals surface area contributed by atoms with Gasteiger partial charge in [-0.25, -0.2) is 4.79 Å². The Balaban J connectivity index is 2.06. The monoisotopic (exact) mass is 332 g/mol. The Morgan fingerprint density at radius 2 is 2.12 bits per heavy atom. The van der Waals surface area contributed by atoms with Crippen LogP contribution in [-0.4, -0.2) is 23.3 Å². The smallest absolute Gasteiger partial charge is 0.315 e. The molecule has 0 saturated carbocycles. The van der Waals surface area contributed by atoms with Gasteiger partial charge in [0.15, 0.2) is 0 Å². The van der Waals surface area contributed by atoms with E-state index in [1.165, 1.54) is 0 Å². The van der Waals surface area contributed by atoms with E-state index in [4.69, 9.17) is 9.26 Å². The molecular formula is C17H24N4O3. The number of urea groups is 1. The topological polar surface area (TPSA) is 89.3 Å². The highest BCUT2D eigenvalue weighted by Gasteiger charge is 2.22. The summed E-state index contributed by atoms with van der Waals surface area (Å²) in [6, 6.07) is 1.20. The number of ether oxygens (including phenoxy) is 1. The number of rotatable bonds is 6. The molecule has 2 aromatic rings. The van der Waals surface area contributed by atoms with Crippen LogP contribution in [-0.2, 0) is 0 Å². The molecule has 2 atom stereocenters. The molecule has 2 N–H and O–H groups in total. The summed E-state index contributed by atoms with van der Waals surface area (Å²) >= 11 is 0. The molecule has 0 aliphatic carbocycles. The van der Waals surface area contributed by atoms with Crippen LogP contribution in [0.15, 0.2) is 23.0 Å². The van der Waals surface area contributed by atoms with Gasteiger partial charge in [0.05, 0.1) is 31.1 Å². The quantitative estimate of drug-likeness (QED) is 0.848. The summed E-state index contributed by atoms with van der Waals surface area (Å²) in [4.78, 5) is 16.4. The average Bonchev–Trinajstić information content (AvgIpc) is 2.91. The first-order valence-electron chi connectivity index (χ1n) is 7.95. The molecule has 0 aromatic carbocycles. The van der Waals surface area contributed by atoms with E-state index >= 15 is 0 Å². The van der Waals surface area contributed by atoms with Gasteiger partial charge in [0.1, 0.15) is 11.5 Å². The number of pyridine rings is 1. The molecule has 0 bridgehead atoms. The van der Waals surface area contributed by atoms with Crippen molar-refractivity contribution in [1.82, 2.24) is 20.8 Å². The zero-order valence-electron chi connectivity index (χ0n) is 14.7. The molecule has 0 fully saturated rings. The predicted molar refractivity (Wildman–Crippen MR) is 89.9 cm³/mol. The summed E-state index contributed by atoms with van der Waals surface area (Å²) in [5, 5.41) is 9.86.